The predicted molar refractivity (Wildman–Crippen MR) is 58.8 cm³/mol. The highest BCUT2D eigenvalue weighted by Gasteiger charge is 2.31. The maximum absolute atomic E-state index is 11.4. The highest BCUT2D eigenvalue weighted by molar-refractivity contribution is 7.89. The van der Waals surface area contributed by atoms with Crippen molar-refractivity contribution < 1.29 is 14.5 Å². The fourth-order valence-electron chi connectivity index (χ4n) is 1.75. The molecule has 0 aromatic heterocycles. The van der Waals surface area contributed by atoms with Crippen molar-refractivity contribution >= 4 is 17.3 Å². The van der Waals surface area contributed by atoms with E-state index in [0.717, 1.165) is 6.42 Å². The molecule has 6 heteroatoms. The summed E-state index contributed by atoms with van der Waals surface area (Å²) in [5.41, 5.74) is 0. The second-order valence-corrected chi connectivity index (χ2v) is 5.15. The Bertz CT molecular complexity index is 216. The Hall–Kier alpha value is -0.300. The van der Waals surface area contributed by atoms with Crippen LogP contribution in [0.3, 0.4) is 0 Å². The molecule has 15 heavy (non-hydrogen) atoms. The lowest BCUT2D eigenvalue weighted by atomic mass is 10.1. The van der Waals surface area contributed by atoms with Crippen LogP contribution in [-0.2, 0) is 16.2 Å². The molecule has 1 rings (SSSR count). The smallest absolute Gasteiger partial charge is 0.306 e. The SMILES string of the molecule is CNCC[S+]([O-])NC1CCC(C(=O)O)C1. The summed E-state index contributed by atoms with van der Waals surface area (Å²) in [5, 5.41) is 11.7. The van der Waals surface area contributed by atoms with Crippen molar-refractivity contribution in [3.8, 4) is 0 Å². The molecule has 1 fully saturated rings. The minimum Gasteiger partial charge on any atom is -0.598 e. The highest BCUT2D eigenvalue weighted by Crippen LogP contribution is 2.25. The van der Waals surface area contributed by atoms with Gasteiger partial charge in [-0.15, -0.1) is 4.72 Å². The van der Waals surface area contributed by atoms with Gasteiger partial charge in [0.1, 0.15) is 5.75 Å². The van der Waals surface area contributed by atoms with Gasteiger partial charge in [-0.1, -0.05) is 0 Å². The van der Waals surface area contributed by atoms with Gasteiger partial charge in [-0.2, -0.15) is 0 Å². The predicted octanol–water partition coefficient (Wildman–Crippen LogP) is -0.288. The van der Waals surface area contributed by atoms with Crippen molar-refractivity contribution in [1.29, 1.82) is 0 Å². The average Bonchev–Trinajstić information content (AvgIpc) is 2.63. The first-order valence-electron chi connectivity index (χ1n) is 5.15. The molecule has 3 N–H and O–H groups in total. The van der Waals surface area contributed by atoms with E-state index in [1.165, 1.54) is 0 Å². The summed E-state index contributed by atoms with van der Waals surface area (Å²) in [7, 11) is 1.81. The summed E-state index contributed by atoms with van der Waals surface area (Å²) in [5.74, 6) is -0.436. The Balaban J connectivity index is 2.20. The van der Waals surface area contributed by atoms with Crippen molar-refractivity contribution in [3.05, 3.63) is 0 Å². The first kappa shape index (κ1) is 12.8. The van der Waals surface area contributed by atoms with Gasteiger partial charge in [0.15, 0.2) is 0 Å². The Morgan fingerprint density at radius 1 is 1.60 bits per heavy atom. The monoisotopic (exact) mass is 234 g/mol. The number of rotatable bonds is 6. The molecule has 0 aromatic rings. The lowest BCUT2D eigenvalue weighted by molar-refractivity contribution is -0.141. The van der Waals surface area contributed by atoms with Gasteiger partial charge in [0.2, 0.25) is 0 Å². The van der Waals surface area contributed by atoms with Crippen molar-refractivity contribution in [2.45, 2.75) is 25.3 Å². The summed E-state index contributed by atoms with van der Waals surface area (Å²) < 4.78 is 14.4. The van der Waals surface area contributed by atoms with Crippen molar-refractivity contribution in [2.75, 3.05) is 19.3 Å². The fourth-order valence-corrected chi connectivity index (χ4v) is 2.85. The molecule has 0 heterocycles. The number of hydrogen-bond acceptors (Lipinski definition) is 4. The van der Waals surface area contributed by atoms with E-state index < -0.39 is 17.3 Å². The molecule has 0 amide bonds. The summed E-state index contributed by atoms with van der Waals surface area (Å²) in [4.78, 5) is 10.7. The van der Waals surface area contributed by atoms with E-state index in [1.54, 1.807) is 0 Å². The molecule has 1 aliphatic carbocycles. The minimum atomic E-state index is -1.04. The van der Waals surface area contributed by atoms with Gasteiger partial charge < -0.3 is 15.0 Å². The standard InChI is InChI=1S/C9H18N2O3S/c1-10-4-5-15(14)11-8-3-2-7(6-8)9(12)13/h7-8,10-11H,2-6H2,1H3,(H,12,13). The molecular weight excluding hydrogens is 216 g/mol. The van der Waals surface area contributed by atoms with E-state index in [1.807, 2.05) is 7.05 Å². The number of carbonyl (C=O) groups is 1. The molecule has 0 spiro atoms. The minimum absolute atomic E-state index is 0.101. The zero-order valence-electron chi connectivity index (χ0n) is 8.86. The number of carboxylic acids is 1. The van der Waals surface area contributed by atoms with Crippen molar-refractivity contribution in [2.24, 2.45) is 5.92 Å². The van der Waals surface area contributed by atoms with E-state index in [4.69, 9.17) is 5.11 Å². The topological polar surface area (TPSA) is 84.4 Å². The van der Waals surface area contributed by atoms with Crippen LogP contribution in [0.2, 0.25) is 0 Å². The maximum Gasteiger partial charge on any atom is 0.306 e. The second-order valence-electron chi connectivity index (χ2n) is 3.82. The summed E-state index contributed by atoms with van der Waals surface area (Å²) in [6.07, 6.45) is 2.10. The van der Waals surface area contributed by atoms with Gasteiger partial charge in [-0.25, -0.2) is 0 Å². The number of nitrogens with one attached hydrogen (secondary N) is 2. The van der Waals surface area contributed by atoms with Crippen LogP contribution in [0, 0.1) is 5.92 Å². The first-order valence-corrected chi connectivity index (χ1v) is 6.47. The van der Waals surface area contributed by atoms with Crippen molar-refractivity contribution in [3.63, 3.8) is 0 Å². The third-order valence-electron chi connectivity index (χ3n) is 2.62. The zero-order valence-corrected chi connectivity index (χ0v) is 9.68. The average molecular weight is 234 g/mol. The van der Waals surface area contributed by atoms with Crippen LogP contribution in [0.15, 0.2) is 0 Å². The molecule has 1 aliphatic rings. The van der Waals surface area contributed by atoms with Crippen molar-refractivity contribution in [1.82, 2.24) is 10.0 Å². The number of hydrogen-bond donors (Lipinski definition) is 3. The molecule has 3 atom stereocenters. The Morgan fingerprint density at radius 2 is 2.33 bits per heavy atom. The molecule has 0 aliphatic heterocycles. The summed E-state index contributed by atoms with van der Waals surface area (Å²) >= 11 is -1.04. The van der Waals surface area contributed by atoms with Gasteiger partial charge in [-0.05, 0) is 26.3 Å². The zero-order chi connectivity index (χ0) is 11.3. The quantitative estimate of drug-likeness (QED) is 0.550. The van der Waals surface area contributed by atoms with E-state index in [0.29, 0.717) is 25.1 Å². The van der Waals surface area contributed by atoms with Crippen LogP contribution < -0.4 is 10.0 Å². The summed E-state index contributed by atoms with van der Waals surface area (Å²) in [6, 6.07) is 0.101. The van der Waals surface area contributed by atoms with E-state index in [-0.39, 0.29) is 12.0 Å². The maximum atomic E-state index is 11.4. The van der Waals surface area contributed by atoms with Gasteiger partial charge in [0, 0.05) is 17.9 Å². The normalized spacial score (nSPS) is 27.9. The van der Waals surface area contributed by atoms with Gasteiger partial charge in [-0.3, -0.25) is 4.79 Å². The van der Waals surface area contributed by atoms with Gasteiger partial charge >= 0.3 is 5.97 Å². The summed E-state index contributed by atoms with van der Waals surface area (Å²) in [6.45, 7) is 0.703. The Morgan fingerprint density at radius 3 is 2.87 bits per heavy atom. The fraction of sp³-hybridized carbons (Fsp3) is 0.889. The second kappa shape index (κ2) is 6.32. The molecule has 3 unspecified atom stereocenters. The molecule has 0 saturated heterocycles. The van der Waals surface area contributed by atoms with Crippen LogP contribution >= 0.6 is 0 Å². The van der Waals surface area contributed by atoms with Gasteiger partial charge in [0.05, 0.1) is 12.0 Å². The molecule has 88 valence electrons. The lowest BCUT2D eigenvalue weighted by Crippen LogP contribution is -2.37. The molecule has 1 saturated carbocycles. The molecular formula is C9H18N2O3S. The molecule has 5 nitrogen and oxygen atoms in total. The molecule has 0 radical (unpaired) electrons. The number of aliphatic carboxylic acids is 1. The van der Waals surface area contributed by atoms with Crippen LogP contribution in [0.25, 0.3) is 0 Å². The third-order valence-corrected chi connectivity index (χ3v) is 3.79. The molecule has 0 aromatic carbocycles. The van der Waals surface area contributed by atoms with Crippen LogP contribution in [-0.4, -0.2) is 41.0 Å². The van der Waals surface area contributed by atoms with Crippen LogP contribution in [0.5, 0.6) is 0 Å². The lowest BCUT2D eigenvalue weighted by Gasteiger charge is -2.15. The van der Waals surface area contributed by atoms with Gasteiger partial charge in [0.25, 0.3) is 0 Å². The first-order chi connectivity index (χ1) is 7.13. The van der Waals surface area contributed by atoms with E-state index in [2.05, 4.69) is 10.0 Å². The molecule has 0 bridgehead atoms. The Kier molecular flexibility index (Phi) is 5.38. The highest BCUT2D eigenvalue weighted by atomic mass is 32.2. The van der Waals surface area contributed by atoms with Crippen LogP contribution in [0.4, 0.5) is 0 Å². The number of carboxylic acid groups (broad SMARTS) is 1. The van der Waals surface area contributed by atoms with E-state index >= 15 is 0 Å². The Labute approximate surface area is 92.9 Å². The third kappa shape index (κ3) is 4.38. The largest absolute Gasteiger partial charge is 0.598 e. The van der Waals surface area contributed by atoms with Crippen LogP contribution in [0.1, 0.15) is 19.3 Å². The van der Waals surface area contributed by atoms with E-state index in [9.17, 15) is 9.35 Å².